The zero-order chi connectivity index (χ0) is 13.1. The van der Waals surface area contributed by atoms with E-state index in [2.05, 4.69) is 4.90 Å². The molecular weight excluding hydrogens is 231 g/mol. The SMILES string of the molecule is CC(N)C1CCCN(Cc2ccc(O)c(F)c2)C1. The summed E-state index contributed by atoms with van der Waals surface area (Å²) in [5.41, 5.74) is 6.85. The Labute approximate surface area is 107 Å². The quantitative estimate of drug-likeness (QED) is 0.866. The van der Waals surface area contributed by atoms with E-state index in [9.17, 15) is 4.39 Å². The van der Waals surface area contributed by atoms with Gasteiger partial charge in [0.1, 0.15) is 0 Å². The smallest absolute Gasteiger partial charge is 0.165 e. The third kappa shape index (κ3) is 3.21. The second-order valence-corrected chi connectivity index (χ2v) is 5.28. The highest BCUT2D eigenvalue weighted by Gasteiger charge is 2.22. The first-order valence-corrected chi connectivity index (χ1v) is 6.51. The number of nitrogens with zero attached hydrogens (tertiary/aromatic N) is 1. The number of hydrogen-bond acceptors (Lipinski definition) is 3. The van der Waals surface area contributed by atoms with Gasteiger partial charge in [0.05, 0.1) is 0 Å². The maximum Gasteiger partial charge on any atom is 0.165 e. The minimum absolute atomic E-state index is 0.212. The van der Waals surface area contributed by atoms with Crippen LogP contribution in [-0.4, -0.2) is 29.1 Å². The average Bonchev–Trinajstić information content (AvgIpc) is 2.34. The predicted molar refractivity (Wildman–Crippen MR) is 69.7 cm³/mol. The van der Waals surface area contributed by atoms with Crippen molar-refractivity contribution in [2.75, 3.05) is 13.1 Å². The summed E-state index contributed by atoms with van der Waals surface area (Å²) in [4.78, 5) is 2.31. The number of aromatic hydroxyl groups is 1. The molecule has 1 heterocycles. The number of rotatable bonds is 3. The molecule has 2 unspecified atom stereocenters. The number of hydrogen-bond donors (Lipinski definition) is 2. The molecule has 4 heteroatoms. The van der Waals surface area contributed by atoms with Crippen LogP contribution in [0.4, 0.5) is 4.39 Å². The monoisotopic (exact) mass is 252 g/mol. The Kier molecular flexibility index (Phi) is 4.19. The Bertz CT molecular complexity index is 409. The summed E-state index contributed by atoms with van der Waals surface area (Å²) in [6.07, 6.45) is 2.32. The Hall–Kier alpha value is -1.13. The summed E-state index contributed by atoms with van der Waals surface area (Å²) < 4.78 is 13.2. The lowest BCUT2D eigenvalue weighted by atomic mass is 9.92. The molecule has 1 aromatic carbocycles. The van der Waals surface area contributed by atoms with Crippen molar-refractivity contribution >= 4 is 0 Å². The lowest BCUT2D eigenvalue weighted by Gasteiger charge is -2.34. The second-order valence-electron chi connectivity index (χ2n) is 5.28. The molecule has 0 aliphatic carbocycles. The maximum absolute atomic E-state index is 13.2. The molecule has 1 aromatic rings. The standard InChI is InChI=1S/C14H21FN2O/c1-10(16)12-3-2-6-17(9-12)8-11-4-5-14(18)13(15)7-11/h4-5,7,10,12,18H,2-3,6,8-9,16H2,1H3. The molecule has 100 valence electrons. The molecule has 2 rings (SSSR count). The first-order valence-electron chi connectivity index (χ1n) is 6.51. The van der Waals surface area contributed by atoms with Crippen LogP contribution < -0.4 is 5.73 Å². The van der Waals surface area contributed by atoms with Crippen LogP contribution in [0.15, 0.2) is 18.2 Å². The van der Waals surface area contributed by atoms with Crippen LogP contribution in [0.2, 0.25) is 0 Å². The molecule has 18 heavy (non-hydrogen) atoms. The van der Waals surface area contributed by atoms with Crippen molar-refractivity contribution in [1.82, 2.24) is 4.90 Å². The van der Waals surface area contributed by atoms with Gasteiger partial charge in [0.25, 0.3) is 0 Å². The van der Waals surface area contributed by atoms with Gasteiger partial charge < -0.3 is 10.8 Å². The minimum atomic E-state index is -0.548. The highest BCUT2D eigenvalue weighted by atomic mass is 19.1. The van der Waals surface area contributed by atoms with E-state index in [0.29, 0.717) is 5.92 Å². The zero-order valence-corrected chi connectivity index (χ0v) is 10.8. The molecule has 0 aromatic heterocycles. The van der Waals surface area contributed by atoms with Crippen molar-refractivity contribution in [2.24, 2.45) is 11.7 Å². The largest absolute Gasteiger partial charge is 0.505 e. The van der Waals surface area contributed by atoms with Gasteiger partial charge in [0.2, 0.25) is 0 Å². The molecular formula is C14H21FN2O. The number of phenols is 1. The fourth-order valence-electron chi connectivity index (χ4n) is 2.57. The number of benzene rings is 1. The van der Waals surface area contributed by atoms with E-state index in [4.69, 9.17) is 10.8 Å². The summed E-state index contributed by atoms with van der Waals surface area (Å²) >= 11 is 0. The first-order chi connectivity index (χ1) is 8.56. The third-order valence-electron chi connectivity index (χ3n) is 3.70. The minimum Gasteiger partial charge on any atom is -0.505 e. The van der Waals surface area contributed by atoms with E-state index >= 15 is 0 Å². The van der Waals surface area contributed by atoms with E-state index in [1.807, 2.05) is 6.92 Å². The molecule has 3 N–H and O–H groups in total. The Morgan fingerprint density at radius 3 is 3.00 bits per heavy atom. The number of piperidine rings is 1. The molecule has 1 saturated heterocycles. The highest BCUT2D eigenvalue weighted by molar-refractivity contribution is 5.27. The van der Waals surface area contributed by atoms with Gasteiger partial charge in [-0.15, -0.1) is 0 Å². The van der Waals surface area contributed by atoms with Gasteiger partial charge in [-0.3, -0.25) is 4.90 Å². The van der Waals surface area contributed by atoms with Crippen LogP contribution in [0, 0.1) is 11.7 Å². The molecule has 0 amide bonds. The third-order valence-corrected chi connectivity index (χ3v) is 3.70. The fraction of sp³-hybridized carbons (Fsp3) is 0.571. The van der Waals surface area contributed by atoms with Crippen LogP contribution >= 0.6 is 0 Å². The number of likely N-dealkylation sites (tertiary alicyclic amines) is 1. The highest BCUT2D eigenvalue weighted by Crippen LogP contribution is 2.22. The van der Waals surface area contributed by atoms with Gasteiger partial charge in [-0.05, 0) is 49.9 Å². The lowest BCUT2D eigenvalue weighted by molar-refractivity contribution is 0.154. The van der Waals surface area contributed by atoms with Crippen molar-refractivity contribution in [2.45, 2.75) is 32.4 Å². The maximum atomic E-state index is 13.2. The van der Waals surface area contributed by atoms with Gasteiger partial charge in [0, 0.05) is 19.1 Å². The van der Waals surface area contributed by atoms with E-state index in [-0.39, 0.29) is 11.8 Å². The average molecular weight is 252 g/mol. The van der Waals surface area contributed by atoms with Crippen LogP contribution in [-0.2, 0) is 6.54 Å². The molecule has 0 radical (unpaired) electrons. The molecule has 0 saturated carbocycles. The van der Waals surface area contributed by atoms with Gasteiger partial charge in [-0.25, -0.2) is 4.39 Å². The lowest BCUT2D eigenvalue weighted by Crippen LogP contribution is -2.41. The molecule has 1 fully saturated rings. The topological polar surface area (TPSA) is 49.5 Å². The summed E-state index contributed by atoms with van der Waals surface area (Å²) in [5, 5.41) is 9.16. The van der Waals surface area contributed by atoms with Gasteiger partial charge >= 0.3 is 0 Å². The Morgan fingerprint density at radius 2 is 2.33 bits per heavy atom. The van der Waals surface area contributed by atoms with Crippen LogP contribution in [0.3, 0.4) is 0 Å². The van der Waals surface area contributed by atoms with Gasteiger partial charge in [-0.2, -0.15) is 0 Å². The second kappa shape index (κ2) is 5.67. The van der Waals surface area contributed by atoms with Gasteiger partial charge in [-0.1, -0.05) is 6.07 Å². The van der Waals surface area contributed by atoms with Crippen LogP contribution in [0.5, 0.6) is 5.75 Å². The Morgan fingerprint density at radius 1 is 1.56 bits per heavy atom. The molecule has 1 aliphatic heterocycles. The van der Waals surface area contributed by atoms with E-state index in [1.54, 1.807) is 6.07 Å². The fourth-order valence-corrected chi connectivity index (χ4v) is 2.57. The molecule has 3 nitrogen and oxygen atoms in total. The van der Waals surface area contributed by atoms with E-state index in [0.717, 1.165) is 31.6 Å². The van der Waals surface area contributed by atoms with Crippen molar-refractivity contribution < 1.29 is 9.50 Å². The zero-order valence-electron chi connectivity index (χ0n) is 10.8. The summed E-state index contributed by atoms with van der Waals surface area (Å²) in [7, 11) is 0. The molecule has 0 bridgehead atoms. The first kappa shape index (κ1) is 13.3. The molecule has 2 atom stereocenters. The van der Waals surface area contributed by atoms with Crippen molar-refractivity contribution in [3.8, 4) is 5.75 Å². The summed E-state index contributed by atoms with van der Waals surface area (Å²) in [5.74, 6) is -0.306. The summed E-state index contributed by atoms with van der Waals surface area (Å²) in [6.45, 7) is 4.78. The van der Waals surface area contributed by atoms with E-state index in [1.165, 1.54) is 18.6 Å². The van der Waals surface area contributed by atoms with Gasteiger partial charge in [0.15, 0.2) is 11.6 Å². The molecule has 1 aliphatic rings. The van der Waals surface area contributed by atoms with Crippen molar-refractivity contribution in [1.29, 1.82) is 0 Å². The summed E-state index contributed by atoms with van der Waals surface area (Å²) in [6, 6.07) is 4.81. The van der Waals surface area contributed by atoms with Crippen LogP contribution in [0.25, 0.3) is 0 Å². The van der Waals surface area contributed by atoms with Crippen molar-refractivity contribution in [3.05, 3.63) is 29.6 Å². The predicted octanol–water partition coefficient (Wildman–Crippen LogP) is 2.09. The van der Waals surface area contributed by atoms with Crippen molar-refractivity contribution in [3.63, 3.8) is 0 Å². The number of halogens is 1. The Balaban J connectivity index is 1.98. The number of phenolic OH excluding ortho intramolecular Hbond substituents is 1. The van der Waals surface area contributed by atoms with E-state index < -0.39 is 5.82 Å². The number of nitrogens with two attached hydrogens (primary N) is 1. The molecule has 0 spiro atoms. The van der Waals surface area contributed by atoms with Crippen LogP contribution in [0.1, 0.15) is 25.3 Å². The normalized spacial score (nSPS) is 22.9.